The highest BCUT2D eigenvalue weighted by atomic mass is 33.1. The number of rotatable bonds is 2. The summed E-state index contributed by atoms with van der Waals surface area (Å²) >= 11 is 0. The van der Waals surface area contributed by atoms with Crippen LogP contribution >= 0.6 is 21.6 Å². The molecular weight excluding hydrogens is 258 g/mol. The van der Waals surface area contributed by atoms with Crippen LogP contribution in [0.3, 0.4) is 0 Å². The first kappa shape index (κ1) is 26.2. The van der Waals surface area contributed by atoms with Gasteiger partial charge in [0.05, 0.1) is 0 Å². The van der Waals surface area contributed by atoms with E-state index in [0.717, 1.165) is 13.1 Å². The maximum absolute atomic E-state index is 3.11. The van der Waals surface area contributed by atoms with E-state index in [1.807, 2.05) is 0 Å². The number of nitrogens with one attached hydrogen (secondary N) is 1. The maximum Gasteiger partial charge on any atom is 0.00369 e. The Labute approximate surface area is 114 Å². The summed E-state index contributed by atoms with van der Waals surface area (Å²) in [7, 11) is 4.12. The summed E-state index contributed by atoms with van der Waals surface area (Å²) < 4.78 is 0. The molecule has 0 aromatic rings. The normalized spacial score (nSPS) is 15.2. The van der Waals surface area contributed by atoms with Crippen molar-refractivity contribution in [1.82, 2.24) is 5.32 Å². The van der Waals surface area contributed by atoms with E-state index >= 15 is 0 Å². The Bertz CT molecular complexity index is 80.2. The third kappa shape index (κ3) is 26.3. The highest BCUT2D eigenvalue weighted by molar-refractivity contribution is 8.76. The molecule has 0 saturated carbocycles. The highest BCUT2D eigenvalue weighted by Gasteiger charge is 1.96. The van der Waals surface area contributed by atoms with E-state index in [1.54, 1.807) is 0 Å². The SMILES string of the molecule is C1CCCSSCCC1.CCNCC.O.O.O. The fourth-order valence-corrected chi connectivity index (χ4v) is 3.51. The third-order valence-electron chi connectivity index (χ3n) is 2.04. The smallest absolute Gasteiger partial charge is 0.00369 e. The molecule has 0 aromatic carbocycles. The Balaban J connectivity index is -0.0000000948. The lowest BCUT2D eigenvalue weighted by Gasteiger charge is -1.93. The molecule has 0 atom stereocenters. The van der Waals surface area contributed by atoms with Crippen molar-refractivity contribution in [1.29, 1.82) is 0 Å². The zero-order chi connectivity index (χ0) is 10.5. The molecule has 0 bridgehead atoms. The van der Waals surface area contributed by atoms with Crippen molar-refractivity contribution in [2.75, 3.05) is 24.6 Å². The van der Waals surface area contributed by atoms with E-state index in [9.17, 15) is 0 Å². The lowest BCUT2D eigenvalue weighted by molar-refractivity contribution is 0.665. The first-order valence-corrected chi connectivity index (χ1v) is 8.35. The zero-order valence-corrected chi connectivity index (χ0v) is 12.8. The van der Waals surface area contributed by atoms with Gasteiger partial charge < -0.3 is 21.7 Å². The van der Waals surface area contributed by atoms with Crippen LogP contribution in [0.1, 0.15) is 46.0 Å². The Kier molecular flexibility index (Phi) is 39.1. The first-order chi connectivity index (χ1) is 6.91. The van der Waals surface area contributed by atoms with Gasteiger partial charge in [0.15, 0.2) is 0 Å². The van der Waals surface area contributed by atoms with Crippen molar-refractivity contribution in [2.24, 2.45) is 0 Å². The van der Waals surface area contributed by atoms with Crippen LogP contribution in [0.2, 0.25) is 0 Å². The highest BCUT2D eigenvalue weighted by Crippen LogP contribution is 2.26. The van der Waals surface area contributed by atoms with E-state index < -0.39 is 0 Å². The van der Waals surface area contributed by atoms with Crippen LogP contribution in [-0.4, -0.2) is 41.0 Å². The molecule has 0 unspecified atom stereocenters. The van der Waals surface area contributed by atoms with Gasteiger partial charge in [0.25, 0.3) is 0 Å². The summed E-state index contributed by atoms with van der Waals surface area (Å²) in [5.74, 6) is 2.76. The Hall–Kier alpha value is 0.540. The lowest BCUT2D eigenvalue weighted by Crippen LogP contribution is -2.09. The summed E-state index contributed by atoms with van der Waals surface area (Å²) in [4.78, 5) is 0. The molecule has 110 valence electrons. The molecule has 0 aliphatic carbocycles. The van der Waals surface area contributed by atoms with Crippen LogP contribution < -0.4 is 5.32 Å². The molecule has 0 spiro atoms. The minimum Gasteiger partial charge on any atom is -0.412 e. The topological polar surface area (TPSA) is 107 Å². The van der Waals surface area contributed by atoms with Crippen LogP contribution in [0.15, 0.2) is 0 Å². The van der Waals surface area contributed by atoms with Gasteiger partial charge in [0.1, 0.15) is 0 Å². The van der Waals surface area contributed by atoms with Gasteiger partial charge in [-0.3, -0.25) is 0 Å². The predicted octanol–water partition coefficient (Wildman–Crippen LogP) is 1.47. The molecule has 1 heterocycles. The maximum atomic E-state index is 3.11. The van der Waals surface area contributed by atoms with Gasteiger partial charge in [-0.2, -0.15) is 0 Å². The standard InChI is InChI=1S/C7H14S2.C4H11N.3H2O/c1-2-4-6-8-9-7-5-3-1;1-3-5-4-2;;;/h1-7H2;5H,3-4H2,1-2H3;3*1H2. The molecule has 1 rings (SSSR count). The van der Waals surface area contributed by atoms with Crippen LogP contribution in [0.5, 0.6) is 0 Å². The molecule has 1 saturated heterocycles. The molecular formula is C11H31NO3S2. The van der Waals surface area contributed by atoms with Gasteiger partial charge in [0, 0.05) is 11.5 Å². The van der Waals surface area contributed by atoms with Crippen LogP contribution in [-0.2, 0) is 0 Å². The zero-order valence-electron chi connectivity index (χ0n) is 11.2. The minimum atomic E-state index is 0. The molecule has 1 fully saturated rings. The second kappa shape index (κ2) is 25.4. The average molecular weight is 290 g/mol. The molecule has 17 heavy (non-hydrogen) atoms. The minimum absolute atomic E-state index is 0. The van der Waals surface area contributed by atoms with Gasteiger partial charge in [-0.05, 0) is 25.9 Å². The summed E-state index contributed by atoms with van der Waals surface area (Å²) in [5.41, 5.74) is 0. The van der Waals surface area contributed by atoms with E-state index in [-0.39, 0.29) is 16.4 Å². The van der Waals surface area contributed by atoms with Gasteiger partial charge in [-0.15, -0.1) is 0 Å². The summed E-state index contributed by atoms with van der Waals surface area (Å²) in [6.45, 7) is 6.39. The van der Waals surface area contributed by atoms with Crippen molar-refractivity contribution in [3.05, 3.63) is 0 Å². The van der Waals surface area contributed by atoms with Crippen LogP contribution in [0.25, 0.3) is 0 Å². The summed E-state index contributed by atoms with van der Waals surface area (Å²) in [6, 6.07) is 0. The Morgan fingerprint density at radius 1 is 0.706 bits per heavy atom. The molecule has 0 radical (unpaired) electrons. The number of hydrogen-bond acceptors (Lipinski definition) is 3. The molecule has 6 heteroatoms. The monoisotopic (exact) mass is 289 g/mol. The quantitative estimate of drug-likeness (QED) is 0.778. The largest absolute Gasteiger partial charge is 0.412 e. The summed E-state index contributed by atoms with van der Waals surface area (Å²) in [6.07, 6.45) is 7.29. The van der Waals surface area contributed by atoms with Gasteiger partial charge in [0.2, 0.25) is 0 Å². The van der Waals surface area contributed by atoms with Gasteiger partial charge in [-0.1, -0.05) is 54.7 Å². The van der Waals surface area contributed by atoms with Crippen molar-refractivity contribution in [3.63, 3.8) is 0 Å². The molecule has 1 aliphatic rings. The molecule has 0 amide bonds. The number of hydrogen-bond donors (Lipinski definition) is 1. The van der Waals surface area contributed by atoms with Crippen molar-refractivity contribution in [3.8, 4) is 0 Å². The summed E-state index contributed by atoms with van der Waals surface area (Å²) in [5, 5.41) is 3.11. The molecule has 1 aliphatic heterocycles. The molecule has 7 N–H and O–H groups in total. The second-order valence-electron chi connectivity index (χ2n) is 3.37. The fraction of sp³-hybridized carbons (Fsp3) is 1.00. The second-order valence-corrected chi connectivity index (χ2v) is 6.07. The first-order valence-electron chi connectivity index (χ1n) is 5.87. The van der Waals surface area contributed by atoms with E-state index in [4.69, 9.17) is 0 Å². The van der Waals surface area contributed by atoms with Gasteiger partial charge >= 0.3 is 0 Å². The Morgan fingerprint density at radius 2 is 1.06 bits per heavy atom. The van der Waals surface area contributed by atoms with Crippen molar-refractivity contribution >= 4 is 21.6 Å². The van der Waals surface area contributed by atoms with Gasteiger partial charge in [-0.25, -0.2) is 0 Å². The van der Waals surface area contributed by atoms with Crippen LogP contribution in [0, 0.1) is 0 Å². The molecule has 0 aromatic heterocycles. The Morgan fingerprint density at radius 3 is 1.35 bits per heavy atom. The van der Waals surface area contributed by atoms with E-state index in [1.165, 1.54) is 43.6 Å². The van der Waals surface area contributed by atoms with Crippen molar-refractivity contribution in [2.45, 2.75) is 46.0 Å². The van der Waals surface area contributed by atoms with E-state index in [2.05, 4.69) is 40.8 Å². The van der Waals surface area contributed by atoms with Crippen molar-refractivity contribution < 1.29 is 16.4 Å². The van der Waals surface area contributed by atoms with Crippen LogP contribution in [0.4, 0.5) is 0 Å². The van der Waals surface area contributed by atoms with E-state index in [0.29, 0.717) is 0 Å². The average Bonchev–Trinajstić information content (AvgIpc) is 2.34. The predicted molar refractivity (Wildman–Crippen MR) is 83.1 cm³/mol. The molecule has 4 nitrogen and oxygen atoms in total. The third-order valence-corrected chi connectivity index (χ3v) is 4.62. The fourth-order valence-electron chi connectivity index (χ4n) is 1.22. The lowest BCUT2D eigenvalue weighted by atomic mass is 10.2.